The molecule has 14 nitrogen and oxygen atoms in total. The first-order chi connectivity index (χ1) is 18.7. The van der Waals surface area contributed by atoms with Gasteiger partial charge < -0.3 is 54.0 Å². The van der Waals surface area contributed by atoms with E-state index >= 15 is 0 Å². The fourth-order valence-electron chi connectivity index (χ4n) is 9.65. The molecule has 2 saturated carbocycles. The summed E-state index contributed by atoms with van der Waals surface area (Å²) in [6, 6.07) is 0. The van der Waals surface area contributed by atoms with Crippen molar-refractivity contribution < 1.29 is 68.3 Å². The molecule has 7 aliphatic rings. The van der Waals surface area contributed by atoms with Crippen molar-refractivity contribution in [3.63, 3.8) is 0 Å². The summed E-state index contributed by atoms with van der Waals surface area (Å²) in [5, 5.41) is 52.9. The van der Waals surface area contributed by atoms with Gasteiger partial charge in [-0.15, -0.1) is 0 Å². The number of aliphatic hydroxyl groups excluding tert-OH is 5. The molecular weight excluding hydrogens is 536 g/mol. The zero-order valence-corrected chi connectivity index (χ0v) is 22.4. The SMILES string of the molecule is C[C@@H]1C(=O)OC2CC34C5C[C@@H](C(C)(C)C)C36[C@H](OC(=O)[C@@H]6O)O[C@]4(C(=O)O5)[C@]21O[C@@H]1O[C@H](CO)[C@@H](O)[C@H](O)[C@H]1O. The summed E-state index contributed by atoms with van der Waals surface area (Å²) in [6.07, 6.45) is -13.3. The Hall–Kier alpha value is -1.91. The van der Waals surface area contributed by atoms with Crippen LogP contribution in [0.5, 0.6) is 0 Å². The average molecular weight is 571 g/mol. The quantitative estimate of drug-likeness (QED) is 0.175. The van der Waals surface area contributed by atoms with Gasteiger partial charge in [0.1, 0.15) is 36.6 Å². The third kappa shape index (κ3) is 2.47. The van der Waals surface area contributed by atoms with Gasteiger partial charge in [-0.3, -0.25) is 4.79 Å². The maximum absolute atomic E-state index is 14.1. The van der Waals surface area contributed by atoms with Crippen LogP contribution in [0.2, 0.25) is 0 Å². The van der Waals surface area contributed by atoms with E-state index in [2.05, 4.69) is 0 Å². The number of rotatable bonds is 3. The molecule has 0 bridgehead atoms. The number of hydrogen-bond acceptors (Lipinski definition) is 14. The fraction of sp³-hybridized carbons (Fsp3) is 0.885. The van der Waals surface area contributed by atoms with Gasteiger partial charge in [0.2, 0.25) is 11.9 Å². The summed E-state index contributed by atoms with van der Waals surface area (Å²) in [4.78, 5) is 40.2. The lowest BCUT2D eigenvalue weighted by atomic mass is 9.51. The zero-order chi connectivity index (χ0) is 28.9. The average Bonchev–Trinajstić information content (AvgIpc) is 3.60. The van der Waals surface area contributed by atoms with Crippen LogP contribution in [-0.4, -0.2) is 117 Å². The number of carbonyl (C=O) groups is 3. The van der Waals surface area contributed by atoms with E-state index in [4.69, 9.17) is 28.4 Å². The van der Waals surface area contributed by atoms with Crippen molar-refractivity contribution in [1.82, 2.24) is 0 Å². The Labute approximate surface area is 228 Å². The van der Waals surface area contributed by atoms with Crippen molar-refractivity contribution in [1.29, 1.82) is 0 Å². The lowest BCUT2D eigenvalue weighted by Crippen LogP contribution is -2.70. The third-order valence-electron chi connectivity index (χ3n) is 11.1. The topological polar surface area (TPSA) is 208 Å². The Morgan fingerprint density at radius 2 is 1.65 bits per heavy atom. The fourth-order valence-corrected chi connectivity index (χ4v) is 9.65. The molecule has 2 spiro atoms. The van der Waals surface area contributed by atoms with E-state index in [9.17, 15) is 39.9 Å². The molecule has 7 rings (SSSR count). The Morgan fingerprint density at radius 1 is 0.950 bits per heavy atom. The van der Waals surface area contributed by atoms with E-state index in [0.717, 1.165) is 0 Å². The number of esters is 3. The van der Waals surface area contributed by atoms with Crippen LogP contribution in [0.1, 0.15) is 40.5 Å². The Morgan fingerprint density at radius 3 is 2.30 bits per heavy atom. The first kappa shape index (κ1) is 27.0. The molecule has 2 aliphatic carbocycles. The molecule has 0 aromatic heterocycles. The summed E-state index contributed by atoms with van der Waals surface area (Å²) in [7, 11) is 0. The van der Waals surface area contributed by atoms with Gasteiger partial charge in [-0.05, 0) is 24.7 Å². The van der Waals surface area contributed by atoms with Crippen molar-refractivity contribution in [2.24, 2.45) is 28.1 Å². The highest BCUT2D eigenvalue weighted by molar-refractivity contribution is 5.93. The Kier molecular flexibility index (Phi) is 5.20. The van der Waals surface area contributed by atoms with Crippen LogP contribution >= 0.6 is 0 Å². The molecule has 5 aliphatic heterocycles. The third-order valence-corrected chi connectivity index (χ3v) is 11.1. The molecule has 0 radical (unpaired) electrons. The molecule has 7 fully saturated rings. The van der Waals surface area contributed by atoms with Crippen molar-refractivity contribution in [2.45, 2.75) is 107 Å². The molecular formula is C26H34O14. The maximum atomic E-state index is 14.1. The number of hydrogen-bond donors (Lipinski definition) is 5. The van der Waals surface area contributed by atoms with E-state index in [0.29, 0.717) is 0 Å². The van der Waals surface area contributed by atoms with Gasteiger partial charge in [-0.25, -0.2) is 9.59 Å². The molecule has 5 saturated heterocycles. The van der Waals surface area contributed by atoms with E-state index in [1.807, 2.05) is 20.8 Å². The van der Waals surface area contributed by atoms with Crippen molar-refractivity contribution in [3.8, 4) is 0 Å². The normalized spacial score (nSPS) is 57.8. The predicted molar refractivity (Wildman–Crippen MR) is 123 cm³/mol. The summed E-state index contributed by atoms with van der Waals surface area (Å²) in [5.41, 5.74) is -7.62. The second-order valence-electron chi connectivity index (χ2n) is 13.4. The van der Waals surface area contributed by atoms with E-state index < -0.39 is 119 Å². The summed E-state index contributed by atoms with van der Waals surface area (Å²) in [5.74, 6) is -4.17. The molecule has 4 unspecified atom stereocenters. The van der Waals surface area contributed by atoms with E-state index in [1.54, 1.807) is 0 Å². The molecule has 5 N–H and O–H groups in total. The largest absolute Gasteiger partial charge is 0.459 e. The minimum Gasteiger partial charge on any atom is -0.459 e. The Balaban J connectivity index is 1.44. The number of fused-ring (bicyclic) bond motifs is 1. The summed E-state index contributed by atoms with van der Waals surface area (Å²) in [6.45, 7) is 6.55. The molecule has 40 heavy (non-hydrogen) atoms. The summed E-state index contributed by atoms with van der Waals surface area (Å²) >= 11 is 0. The van der Waals surface area contributed by atoms with Crippen molar-refractivity contribution in [3.05, 3.63) is 0 Å². The minimum atomic E-state index is -2.15. The van der Waals surface area contributed by atoms with Crippen LogP contribution in [0.25, 0.3) is 0 Å². The number of ether oxygens (including phenoxy) is 6. The monoisotopic (exact) mass is 570 g/mol. The van der Waals surface area contributed by atoms with Crippen LogP contribution in [0, 0.1) is 28.1 Å². The molecule has 15 atom stereocenters. The zero-order valence-electron chi connectivity index (χ0n) is 22.4. The smallest absolute Gasteiger partial charge is 0.342 e. The molecule has 0 aromatic rings. The highest BCUT2D eigenvalue weighted by Crippen LogP contribution is 2.85. The number of carbonyl (C=O) groups excluding carboxylic acids is 3. The van der Waals surface area contributed by atoms with Crippen LogP contribution in [0.3, 0.4) is 0 Å². The molecule has 222 valence electrons. The van der Waals surface area contributed by atoms with Gasteiger partial charge in [0.15, 0.2) is 18.0 Å². The lowest BCUT2D eigenvalue weighted by molar-refractivity contribution is -0.354. The van der Waals surface area contributed by atoms with E-state index in [1.165, 1.54) is 6.92 Å². The number of aliphatic hydroxyl groups is 5. The highest BCUT2D eigenvalue weighted by Gasteiger charge is 3.02. The maximum Gasteiger partial charge on any atom is 0.342 e. The van der Waals surface area contributed by atoms with Crippen LogP contribution < -0.4 is 0 Å². The predicted octanol–water partition coefficient (Wildman–Crippen LogP) is -2.52. The molecule has 0 amide bonds. The van der Waals surface area contributed by atoms with Gasteiger partial charge in [0.25, 0.3) is 0 Å². The van der Waals surface area contributed by atoms with Crippen LogP contribution in [-0.2, 0) is 42.8 Å². The van der Waals surface area contributed by atoms with Gasteiger partial charge in [-0.2, -0.15) is 0 Å². The first-order valence-electron chi connectivity index (χ1n) is 13.6. The van der Waals surface area contributed by atoms with Gasteiger partial charge >= 0.3 is 17.9 Å². The summed E-state index contributed by atoms with van der Waals surface area (Å²) < 4.78 is 35.9. The van der Waals surface area contributed by atoms with Gasteiger partial charge in [0.05, 0.1) is 23.4 Å². The van der Waals surface area contributed by atoms with Gasteiger partial charge in [-0.1, -0.05) is 20.8 Å². The van der Waals surface area contributed by atoms with Crippen molar-refractivity contribution in [2.75, 3.05) is 6.61 Å². The second kappa shape index (κ2) is 7.72. The molecule has 14 heteroatoms. The van der Waals surface area contributed by atoms with Crippen molar-refractivity contribution >= 4 is 17.9 Å². The second-order valence-corrected chi connectivity index (χ2v) is 13.4. The van der Waals surface area contributed by atoms with Gasteiger partial charge in [0, 0.05) is 6.42 Å². The minimum absolute atomic E-state index is 0.0896. The first-order valence-corrected chi connectivity index (χ1v) is 13.6. The lowest BCUT2D eigenvalue weighted by Gasteiger charge is -2.49. The molecule has 0 aromatic carbocycles. The van der Waals surface area contributed by atoms with E-state index in [-0.39, 0.29) is 12.8 Å². The Bertz CT molecular complexity index is 1180. The standard InChI is InChI=1S/C26H34O14/c1-8-17(32)36-12-6-23-11-5-10(22(2,3)4)24(23)16(31)18(33)38-21(24)40-26(23,20(34)37-11)25(8,12)39-19-15(30)14(29)13(28)9(7-27)35-19/h8-16,19,21,27-31H,5-7H2,1-4H3/t8-,9-,10+,11?,12?,13-,14+,15-,16+,19+,21-,23?,24?,25-,26+/m1/s1. The van der Waals surface area contributed by atoms with Crippen LogP contribution in [0.15, 0.2) is 0 Å². The highest BCUT2D eigenvalue weighted by atomic mass is 16.8. The molecule has 5 heterocycles. The van der Waals surface area contributed by atoms with Crippen LogP contribution in [0.4, 0.5) is 0 Å².